The summed E-state index contributed by atoms with van der Waals surface area (Å²) < 4.78 is 2.22. The Morgan fingerprint density at radius 2 is 2.25 bits per heavy atom. The molecule has 0 saturated heterocycles. The molecule has 1 aromatic carbocycles. The van der Waals surface area contributed by atoms with Gasteiger partial charge in [-0.25, -0.2) is 4.68 Å². The molecule has 108 valence electrons. The third kappa shape index (κ3) is 3.09. The molecule has 7 heteroatoms. The van der Waals surface area contributed by atoms with Gasteiger partial charge < -0.3 is 5.11 Å². The van der Waals surface area contributed by atoms with Crippen LogP contribution in [0.2, 0.25) is 0 Å². The fourth-order valence-corrected chi connectivity index (χ4v) is 2.81. The quantitative estimate of drug-likeness (QED) is 0.354. The van der Waals surface area contributed by atoms with E-state index in [1.165, 1.54) is 16.8 Å². The van der Waals surface area contributed by atoms with Crippen LogP contribution in [0.25, 0.3) is 10.9 Å². The average Bonchev–Trinajstić information content (AvgIpc) is 2.76. The molecule has 0 radical (unpaired) electrons. The first-order valence-electron chi connectivity index (χ1n) is 6.54. The lowest BCUT2D eigenvalue weighted by molar-refractivity contribution is -0.384. The second-order valence-electron chi connectivity index (χ2n) is 4.67. The molecule has 1 aromatic heterocycles. The van der Waals surface area contributed by atoms with E-state index in [2.05, 4.69) is 34.6 Å². The number of benzene rings is 1. The van der Waals surface area contributed by atoms with Gasteiger partial charge in [0.2, 0.25) is 0 Å². The summed E-state index contributed by atoms with van der Waals surface area (Å²) in [6, 6.07) is 4.60. The van der Waals surface area contributed by atoms with E-state index in [9.17, 15) is 15.2 Å². The monoisotopic (exact) mass is 389 g/mol. The molecule has 6 nitrogen and oxygen atoms in total. The highest BCUT2D eigenvalue weighted by Gasteiger charge is 2.17. The second kappa shape index (κ2) is 6.49. The molecule has 2 rings (SSSR count). The van der Waals surface area contributed by atoms with Gasteiger partial charge in [-0.2, -0.15) is 5.10 Å². The molecule has 0 bridgehead atoms. The number of fused-ring (bicyclic) bond motifs is 1. The average molecular weight is 389 g/mol. The maximum atomic E-state index is 10.9. The SMILES string of the molecule is CCCCCC(O)n1nc(I)c2ccc([N+](=O)[O-])cc21. The van der Waals surface area contributed by atoms with Crippen LogP contribution in [0.1, 0.15) is 38.8 Å². The van der Waals surface area contributed by atoms with E-state index in [1.807, 2.05) is 0 Å². The van der Waals surface area contributed by atoms with Crippen molar-refractivity contribution in [2.45, 2.75) is 38.8 Å². The number of unbranched alkanes of at least 4 members (excludes halogenated alkanes) is 2. The molecule has 1 unspecified atom stereocenters. The van der Waals surface area contributed by atoms with Gasteiger partial charge in [0.25, 0.3) is 5.69 Å². The summed E-state index contributed by atoms with van der Waals surface area (Å²) in [6.07, 6.45) is 2.89. The minimum atomic E-state index is -0.741. The maximum absolute atomic E-state index is 10.9. The summed E-state index contributed by atoms with van der Waals surface area (Å²) in [5, 5.41) is 26.2. The van der Waals surface area contributed by atoms with Crippen LogP contribution in [0.15, 0.2) is 18.2 Å². The summed E-state index contributed by atoms with van der Waals surface area (Å²) >= 11 is 2.07. The molecule has 0 aliphatic carbocycles. The number of nitro benzene ring substituents is 1. The van der Waals surface area contributed by atoms with Crippen molar-refractivity contribution in [3.05, 3.63) is 32.0 Å². The number of rotatable bonds is 6. The van der Waals surface area contributed by atoms with Crippen LogP contribution in [0.4, 0.5) is 5.69 Å². The van der Waals surface area contributed by atoms with Crippen LogP contribution in [-0.4, -0.2) is 19.8 Å². The Balaban J connectivity index is 2.36. The highest BCUT2D eigenvalue weighted by atomic mass is 127. The zero-order valence-corrected chi connectivity index (χ0v) is 13.3. The Labute approximate surface area is 130 Å². The van der Waals surface area contributed by atoms with Gasteiger partial charge in [-0.05, 0) is 41.5 Å². The number of halogens is 1. The topological polar surface area (TPSA) is 81.2 Å². The minimum Gasteiger partial charge on any atom is -0.372 e. The van der Waals surface area contributed by atoms with Crippen molar-refractivity contribution in [2.75, 3.05) is 0 Å². The van der Waals surface area contributed by atoms with Crippen LogP contribution in [0, 0.1) is 13.8 Å². The van der Waals surface area contributed by atoms with Crippen LogP contribution in [0.5, 0.6) is 0 Å². The van der Waals surface area contributed by atoms with Gasteiger partial charge in [0.15, 0.2) is 0 Å². The van der Waals surface area contributed by atoms with Crippen molar-refractivity contribution in [2.24, 2.45) is 0 Å². The van der Waals surface area contributed by atoms with Crippen LogP contribution < -0.4 is 0 Å². The number of nitro groups is 1. The van der Waals surface area contributed by atoms with E-state index >= 15 is 0 Å². The first-order valence-corrected chi connectivity index (χ1v) is 7.62. The summed E-state index contributed by atoms with van der Waals surface area (Å²) in [5.41, 5.74) is 0.614. The summed E-state index contributed by atoms with van der Waals surface area (Å²) in [4.78, 5) is 10.4. The van der Waals surface area contributed by atoms with Crippen LogP contribution in [0.3, 0.4) is 0 Å². The van der Waals surface area contributed by atoms with E-state index in [-0.39, 0.29) is 5.69 Å². The zero-order chi connectivity index (χ0) is 14.7. The number of non-ortho nitro benzene ring substituents is 1. The van der Waals surface area contributed by atoms with Crippen LogP contribution in [-0.2, 0) is 0 Å². The predicted octanol–water partition coefficient (Wildman–Crippen LogP) is 3.62. The van der Waals surface area contributed by atoms with E-state index in [4.69, 9.17) is 0 Å². The molecule has 0 aliphatic rings. The third-order valence-corrected chi connectivity index (χ3v) is 4.00. The Hall–Kier alpha value is -1.22. The Morgan fingerprint density at radius 1 is 1.50 bits per heavy atom. The van der Waals surface area contributed by atoms with E-state index in [1.54, 1.807) is 6.07 Å². The van der Waals surface area contributed by atoms with Crippen molar-refractivity contribution < 1.29 is 10.0 Å². The number of hydrogen-bond acceptors (Lipinski definition) is 4. The molecular weight excluding hydrogens is 373 g/mol. The molecule has 2 aromatic rings. The summed E-state index contributed by atoms with van der Waals surface area (Å²) in [7, 11) is 0. The van der Waals surface area contributed by atoms with Gasteiger partial charge in [-0.15, -0.1) is 0 Å². The molecule has 0 spiro atoms. The van der Waals surface area contributed by atoms with Crippen molar-refractivity contribution in [3.8, 4) is 0 Å². The molecular formula is C13H16IN3O3. The molecule has 0 aliphatic heterocycles. The highest BCUT2D eigenvalue weighted by molar-refractivity contribution is 14.1. The van der Waals surface area contributed by atoms with Gasteiger partial charge in [0.1, 0.15) is 9.93 Å². The number of aromatic nitrogens is 2. The lowest BCUT2D eigenvalue weighted by Crippen LogP contribution is -2.10. The van der Waals surface area contributed by atoms with Gasteiger partial charge in [0.05, 0.1) is 10.4 Å². The van der Waals surface area contributed by atoms with Crippen molar-refractivity contribution in [1.82, 2.24) is 9.78 Å². The number of nitrogens with zero attached hydrogens (tertiary/aromatic N) is 3. The van der Waals surface area contributed by atoms with Gasteiger partial charge in [-0.1, -0.05) is 19.8 Å². The minimum absolute atomic E-state index is 0.0100. The Kier molecular flexibility index (Phi) is 4.92. The fourth-order valence-electron chi connectivity index (χ4n) is 2.13. The van der Waals surface area contributed by atoms with Gasteiger partial charge >= 0.3 is 0 Å². The highest BCUT2D eigenvalue weighted by Crippen LogP contribution is 2.27. The molecule has 1 heterocycles. The molecule has 1 N–H and O–H groups in total. The van der Waals surface area contributed by atoms with E-state index < -0.39 is 11.2 Å². The molecule has 1 atom stereocenters. The van der Waals surface area contributed by atoms with Gasteiger partial charge in [0, 0.05) is 17.5 Å². The van der Waals surface area contributed by atoms with Crippen LogP contribution >= 0.6 is 22.6 Å². The Morgan fingerprint density at radius 3 is 2.90 bits per heavy atom. The van der Waals surface area contributed by atoms with Gasteiger partial charge in [-0.3, -0.25) is 10.1 Å². The normalized spacial score (nSPS) is 12.8. The molecule has 0 amide bonds. The predicted molar refractivity (Wildman–Crippen MR) is 84.5 cm³/mol. The summed E-state index contributed by atoms with van der Waals surface area (Å²) in [6.45, 7) is 2.10. The smallest absolute Gasteiger partial charge is 0.271 e. The lowest BCUT2D eigenvalue weighted by atomic mass is 10.2. The molecule has 0 fully saturated rings. The molecule has 20 heavy (non-hydrogen) atoms. The summed E-state index contributed by atoms with van der Waals surface area (Å²) in [5.74, 6) is 0. The second-order valence-corrected chi connectivity index (χ2v) is 5.69. The lowest BCUT2D eigenvalue weighted by Gasteiger charge is -2.11. The fraction of sp³-hybridized carbons (Fsp3) is 0.462. The number of aliphatic hydroxyl groups excluding tert-OH is 1. The first kappa shape index (κ1) is 15.2. The first-order chi connectivity index (χ1) is 9.54. The zero-order valence-electron chi connectivity index (χ0n) is 11.1. The standard InChI is InChI=1S/C13H16IN3O3/c1-2-3-4-5-12(18)16-11-8-9(17(19)20)6-7-10(11)13(14)15-16/h6-8,12,18H,2-5H2,1H3. The third-order valence-electron chi connectivity index (χ3n) is 3.20. The number of aliphatic hydroxyl groups is 1. The van der Waals surface area contributed by atoms with E-state index in [0.29, 0.717) is 11.9 Å². The Bertz CT molecular complexity index is 627. The largest absolute Gasteiger partial charge is 0.372 e. The van der Waals surface area contributed by atoms with E-state index in [0.717, 1.165) is 28.3 Å². The number of hydrogen-bond donors (Lipinski definition) is 1. The van der Waals surface area contributed by atoms with Crippen molar-refractivity contribution >= 4 is 39.2 Å². The van der Waals surface area contributed by atoms with Crippen molar-refractivity contribution in [3.63, 3.8) is 0 Å². The maximum Gasteiger partial charge on any atom is 0.271 e. The van der Waals surface area contributed by atoms with Crippen molar-refractivity contribution in [1.29, 1.82) is 0 Å². The molecule has 0 saturated carbocycles.